The summed E-state index contributed by atoms with van der Waals surface area (Å²) in [7, 11) is 0. The molecule has 9 heteroatoms. The van der Waals surface area contributed by atoms with Crippen molar-refractivity contribution in [1.29, 1.82) is 0 Å². The van der Waals surface area contributed by atoms with Crippen molar-refractivity contribution in [2.45, 2.75) is 40.5 Å². The molecule has 0 aromatic heterocycles. The number of carbonyl (C=O) groups excluding carboxylic acids is 1. The summed E-state index contributed by atoms with van der Waals surface area (Å²) < 4.78 is 12.3. The van der Waals surface area contributed by atoms with Gasteiger partial charge in [0.25, 0.3) is 5.91 Å². The Morgan fingerprint density at radius 2 is 1.26 bits per heavy atom. The minimum Gasteiger partial charge on any atom is -0.494 e. The third kappa shape index (κ3) is 10.1. The Bertz CT molecular complexity index is 1060. The molecule has 0 aliphatic carbocycles. The quantitative estimate of drug-likeness (QED) is 0.122. The summed E-state index contributed by atoms with van der Waals surface area (Å²) in [6, 6.07) is 15.4. The van der Waals surface area contributed by atoms with E-state index in [-0.39, 0.29) is 18.3 Å². The molecule has 214 valence electrons. The third-order valence-corrected chi connectivity index (χ3v) is 7.93. The van der Waals surface area contributed by atoms with E-state index in [4.69, 9.17) is 21.7 Å². The molecule has 0 unspecified atom stereocenters. The fourth-order valence-electron chi connectivity index (χ4n) is 4.23. The minimum atomic E-state index is -0.107. The standard InChI is InChI=1S/C30H41N3O3S2.ClH/c1-5-31(6-2)19-9-21-35-26-15-11-24(12-16-26)23-28-29(34)33(30(37)38-28)25-13-17-27(18-14-25)36-22-10-20-32(7-3)8-4;/h11-18,23H,5-10,19-22H2,1-4H3;1H/b28-23-;. The zero-order valence-corrected chi connectivity index (χ0v) is 26.0. The first-order valence-corrected chi connectivity index (χ1v) is 14.9. The number of hydrogen-bond donors (Lipinski definition) is 0. The molecule has 3 rings (SSSR count). The van der Waals surface area contributed by atoms with E-state index >= 15 is 0 Å². The van der Waals surface area contributed by atoms with Crippen molar-refractivity contribution in [3.63, 3.8) is 0 Å². The molecule has 2 aromatic rings. The smallest absolute Gasteiger partial charge is 0.270 e. The lowest BCUT2D eigenvalue weighted by molar-refractivity contribution is -0.113. The van der Waals surface area contributed by atoms with Gasteiger partial charge in [0, 0.05) is 13.1 Å². The van der Waals surface area contributed by atoms with Gasteiger partial charge in [-0.2, -0.15) is 0 Å². The van der Waals surface area contributed by atoms with E-state index in [1.54, 1.807) is 4.90 Å². The number of carbonyl (C=O) groups is 1. The van der Waals surface area contributed by atoms with Crippen LogP contribution in [0.1, 0.15) is 46.1 Å². The molecule has 0 bridgehead atoms. The Morgan fingerprint density at radius 3 is 1.72 bits per heavy atom. The van der Waals surface area contributed by atoms with Gasteiger partial charge in [0.05, 0.1) is 23.8 Å². The van der Waals surface area contributed by atoms with E-state index in [9.17, 15) is 4.79 Å². The van der Waals surface area contributed by atoms with Crippen LogP contribution in [0.4, 0.5) is 5.69 Å². The number of amides is 1. The second-order valence-electron chi connectivity index (χ2n) is 9.04. The van der Waals surface area contributed by atoms with Crippen LogP contribution in [0.25, 0.3) is 6.08 Å². The van der Waals surface area contributed by atoms with E-state index in [1.807, 2.05) is 54.6 Å². The Kier molecular flexibility index (Phi) is 14.9. The lowest BCUT2D eigenvalue weighted by Gasteiger charge is -2.18. The van der Waals surface area contributed by atoms with Crippen molar-refractivity contribution < 1.29 is 14.3 Å². The maximum atomic E-state index is 13.2. The van der Waals surface area contributed by atoms with Crippen molar-refractivity contribution >= 4 is 58.4 Å². The van der Waals surface area contributed by atoms with Gasteiger partial charge in [-0.15, -0.1) is 12.4 Å². The number of halogens is 1. The SMILES string of the molecule is CCN(CC)CCCOc1ccc(/C=C2\SC(=S)N(c3ccc(OCCCN(CC)CC)cc3)C2=O)cc1.Cl. The summed E-state index contributed by atoms with van der Waals surface area (Å²) in [4.78, 5) is 20.1. The molecule has 0 radical (unpaired) electrons. The van der Waals surface area contributed by atoms with E-state index < -0.39 is 0 Å². The molecule has 1 fully saturated rings. The molecular weight excluding hydrogens is 550 g/mol. The molecule has 0 saturated carbocycles. The highest BCUT2D eigenvalue weighted by molar-refractivity contribution is 8.27. The minimum absolute atomic E-state index is 0. The number of nitrogens with zero attached hydrogens (tertiary/aromatic N) is 3. The van der Waals surface area contributed by atoms with E-state index in [2.05, 4.69) is 37.5 Å². The van der Waals surface area contributed by atoms with Gasteiger partial charge >= 0.3 is 0 Å². The fourth-order valence-corrected chi connectivity index (χ4v) is 5.53. The van der Waals surface area contributed by atoms with Gasteiger partial charge in [-0.05, 0) is 87.1 Å². The predicted molar refractivity (Wildman–Crippen MR) is 172 cm³/mol. The number of hydrogen-bond acceptors (Lipinski definition) is 7. The van der Waals surface area contributed by atoms with Crippen molar-refractivity contribution in [2.75, 3.05) is 57.4 Å². The molecule has 0 atom stereocenters. The second-order valence-corrected chi connectivity index (χ2v) is 10.7. The zero-order valence-electron chi connectivity index (χ0n) is 23.6. The number of ether oxygens (including phenoxy) is 2. The largest absolute Gasteiger partial charge is 0.494 e. The van der Waals surface area contributed by atoms with Crippen LogP contribution >= 0.6 is 36.4 Å². The summed E-state index contributed by atoms with van der Waals surface area (Å²) in [5, 5.41) is 0. The fraction of sp³-hybridized carbons (Fsp3) is 0.467. The van der Waals surface area contributed by atoms with Crippen LogP contribution in [0.15, 0.2) is 53.4 Å². The molecular formula is C30H42ClN3O3S2. The van der Waals surface area contributed by atoms with Gasteiger partial charge in [0.15, 0.2) is 4.32 Å². The maximum Gasteiger partial charge on any atom is 0.270 e. The van der Waals surface area contributed by atoms with E-state index in [1.165, 1.54) is 11.8 Å². The van der Waals surface area contributed by atoms with Crippen LogP contribution in [0.2, 0.25) is 0 Å². The Labute approximate surface area is 250 Å². The highest BCUT2D eigenvalue weighted by Crippen LogP contribution is 2.36. The van der Waals surface area contributed by atoms with Gasteiger partial charge in [-0.3, -0.25) is 9.69 Å². The van der Waals surface area contributed by atoms with Crippen molar-refractivity contribution in [3.8, 4) is 11.5 Å². The Hall–Kier alpha value is -2.10. The van der Waals surface area contributed by atoms with E-state index in [0.29, 0.717) is 22.4 Å². The highest BCUT2D eigenvalue weighted by Gasteiger charge is 2.33. The number of thioether (sulfide) groups is 1. The molecule has 1 aliphatic heterocycles. The van der Waals surface area contributed by atoms with Crippen LogP contribution in [-0.4, -0.2) is 72.5 Å². The molecule has 2 aromatic carbocycles. The topological polar surface area (TPSA) is 45.2 Å². The summed E-state index contributed by atoms with van der Waals surface area (Å²) in [5.74, 6) is 1.53. The molecule has 0 spiro atoms. The van der Waals surface area contributed by atoms with Gasteiger partial charge < -0.3 is 19.3 Å². The lowest BCUT2D eigenvalue weighted by atomic mass is 10.2. The van der Waals surface area contributed by atoms with Crippen LogP contribution in [0, 0.1) is 0 Å². The van der Waals surface area contributed by atoms with Gasteiger partial charge in [0.1, 0.15) is 11.5 Å². The molecule has 6 nitrogen and oxygen atoms in total. The maximum absolute atomic E-state index is 13.2. The Morgan fingerprint density at radius 1 is 0.795 bits per heavy atom. The number of thiocarbonyl (C=S) groups is 1. The molecule has 1 amide bonds. The number of benzene rings is 2. The van der Waals surface area contributed by atoms with Crippen LogP contribution in [-0.2, 0) is 4.79 Å². The van der Waals surface area contributed by atoms with Gasteiger partial charge in [0.2, 0.25) is 0 Å². The molecule has 39 heavy (non-hydrogen) atoms. The lowest BCUT2D eigenvalue weighted by Crippen LogP contribution is -2.27. The van der Waals surface area contributed by atoms with Gasteiger partial charge in [-0.25, -0.2) is 0 Å². The monoisotopic (exact) mass is 591 g/mol. The third-order valence-electron chi connectivity index (χ3n) is 6.63. The average molecular weight is 592 g/mol. The second kappa shape index (κ2) is 17.6. The molecule has 0 N–H and O–H groups in total. The van der Waals surface area contributed by atoms with Crippen LogP contribution in [0.5, 0.6) is 11.5 Å². The summed E-state index contributed by atoms with van der Waals surface area (Å²) in [6.07, 6.45) is 3.86. The highest BCUT2D eigenvalue weighted by atomic mass is 35.5. The average Bonchev–Trinajstić information content (AvgIpc) is 3.22. The Balaban J connectivity index is 0.00000533. The summed E-state index contributed by atoms with van der Waals surface area (Å²) >= 11 is 6.87. The van der Waals surface area contributed by atoms with E-state index in [0.717, 1.165) is 74.9 Å². The predicted octanol–water partition coefficient (Wildman–Crippen LogP) is 6.74. The molecule has 1 aliphatic rings. The molecule has 1 saturated heterocycles. The van der Waals surface area contributed by atoms with Crippen molar-refractivity contribution in [3.05, 3.63) is 59.0 Å². The first kappa shape index (κ1) is 33.1. The summed E-state index contributed by atoms with van der Waals surface area (Å²) in [5.41, 5.74) is 1.69. The zero-order chi connectivity index (χ0) is 27.3. The first-order chi connectivity index (χ1) is 18.5. The number of rotatable bonds is 16. The van der Waals surface area contributed by atoms with Crippen molar-refractivity contribution in [2.24, 2.45) is 0 Å². The van der Waals surface area contributed by atoms with Crippen LogP contribution < -0.4 is 14.4 Å². The van der Waals surface area contributed by atoms with Gasteiger partial charge in [-0.1, -0.05) is 63.8 Å². The number of anilines is 1. The normalized spacial score (nSPS) is 14.4. The summed E-state index contributed by atoms with van der Waals surface area (Å²) in [6.45, 7) is 16.4. The van der Waals surface area contributed by atoms with Crippen LogP contribution in [0.3, 0.4) is 0 Å². The van der Waals surface area contributed by atoms with Crippen molar-refractivity contribution in [1.82, 2.24) is 9.80 Å². The first-order valence-electron chi connectivity index (χ1n) is 13.7. The molecule has 1 heterocycles.